The summed E-state index contributed by atoms with van der Waals surface area (Å²) in [6.07, 6.45) is 3.40. The van der Waals surface area contributed by atoms with Crippen molar-refractivity contribution in [3.63, 3.8) is 0 Å². The summed E-state index contributed by atoms with van der Waals surface area (Å²) in [5.74, 6) is -0.0590. The highest BCUT2D eigenvalue weighted by Crippen LogP contribution is 2.26. The molecule has 0 heterocycles. The first kappa shape index (κ1) is 14.1. The molecule has 0 aromatic heterocycles. The fraction of sp³-hybridized carbons (Fsp3) is 0.250. The third kappa shape index (κ3) is 3.82. The maximum atomic E-state index is 9.39. The van der Waals surface area contributed by atoms with E-state index in [1.807, 2.05) is 0 Å². The fourth-order valence-corrected chi connectivity index (χ4v) is 2.18. The van der Waals surface area contributed by atoms with Crippen LogP contribution in [0, 0.1) is 0 Å². The highest BCUT2D eigenvalue weighted by molar-refractivity contribution is 5.40. The Morgan fingerprint density at radius 1 is 0.600 bits per heavy atom. The van der Waals surface area contributed by atoms with E-state index in [0.29, 0.717) is 0 Å². The van der Waals surface area contributed by atoms with Crippen LogP contribution in [0.1, 0.15) is 24.0 Å². The Hall–Kier alpha value is -2.36. The van der Waals surface area contributed by atoms with Crippen LogP contribution in [0.25, 0.3) is 0 Å². The molecule has 0 radical (unpaired) electrons. The van der Waals surface area contributed by atoms with Crippen LogP contribution in [0.5, 0.6) is 23.0 Å². The minimum atomic E-state index is -0.107. The van der Waals surface area contributed by atoms with Gasteiger partial charge in [-0.05, 0) is 61.1 Å². The summed E-state index contributed by atoms with van der Waals surface area (Å²) in [5, 5.41) is 37.4. The number of phenolic OH excluding ortho intramolecular Hbond substituents is 4. The second kappa shape index (κ2) is 6.19. The second-order valence-electron chi connectivity index (χ2n) is 4.89. The van der Waals surface area contributed by atoms with Gasteiger partial charge >= 0.3 is 0 Å². The summed E-state index contributed by atoms with van der Waals surface area (Å²) in [7, 11) is 0. The molecule has 20 heavy (non-hydrogen) atoms. The first-order valence-electron chi connectivity index (χ1n) is 6.57. The zero-order valence-electron chi connectivity index (χ0n) is 11.1. The topological polar surface area (TPSA) is 80.9 Å². The molecule has 4 N–H and O–H groups in total. The van der Waals surface area contributed by atoms with Gasteiger partial charge in [-0.3, -0.25) is 0 Å². The van der Waals surface area contributed by atoms with Crippen molar-refractivity contribution in [2.24, 2.45) is 0 Å². The molecule has 0 fully saturated rings. The molecular formula is C16H18O4. The van der Waals surface area contributed by atoms with E-state index >= 15 is 0 Å². The van der Waals surface area contributed by atoms with Gasteiger partial charge in [0, 0.05) is 6.07 Å². The molecule has 4 nitrogen and oxygen atoms in total. The maximum Gasteiger partial charge on any atom is 0.157 e. The molecule has 0 bridgehead atoms. The molecule has 0 saturated heterocycles. The van der Waals surface area contributed by atoms with Gasteiger partial charge in [-0.1, -0.05) is 6.07 Å². The standard InChI is InChI=1S/C16H18O4/c17-13-7-12(8-14(18)10-13)4-2-1-3-11-5-6-15(19)16(20)9-11/h5-10,17-20H,1-4H2. The molecule has 0 atom stereocenters. The molecule has 106 valence electrons. The highest BCUT2D eigenvalue weighted by Gasteiger charge is 2.02. The Morgan fingerprint density at radius 3 is 1.80 bits per heavy atom. The number of phenols is 4. The number of unbranched alkanes of at least 4 members (excludes halogenated alkanes) is 1. The molecular weight excluding hydrogens is 256 g/mol. The van der Waals surface area contributed by atoms with Gasteiger partial charge in [0.15, 0.2) is 11.5 Å². The van der Waals surface area contributed by atoms with Gasteiger partial charge in [-0.25, -0.2) is 0 Å². The number of aromatic hydroxyl groups is 4. The molecule has 0 spiro atoms. The Bertz CT molecular complexity index is 573. The minimum Gasteiger partial charge on any atom is -0.508 e. The molecule has 0 aliphatic rings. The summed E-state index contributed by atoms with van der Waals surface area (Å²) in [4.78, 5) is 0. The lowest BCUT2D eigenvalue weighted by molar-refractivity contribution is 0.403. The number of hydrogen-bond donors (Lipinski definition) is 4. The van der Waals surface area contributed by atoms with E-state index in [4.69, 9.17) is 0 Å². The molecule has 0 amide bonds. The lowest BCUT2D eigenvalue weighted by Gasteiger charge is -2.05. The summed E-state index contributed by atoms with van der Waals surface area (Å²) >= 11 is 0. The number of hydrogen-bond acceptors (Lipinski definition) is 4. The van der Waals surface area contributed by atoms with Crippen LogP contribution in [-0.4, -0.2) is 20.4 Å². The van der Waals surface area contributed by atoms with Crippen LogP contribution in [0.3, 0.4) is 0 Å². The SMILES string of the molecule is Oc1cc(O)cc(CCCCc2ccc(O)c(O)c2)c1. The van der Waals surface area contributed by atoms with Crippen molar-refractivity contribution >= 4 is 0 Å². The summed E-state index contributed by atoms with van der Waals surface area (Å²) in [6.45, 7) is 0. The lowest BCUT2D eigenvalue weighted by atomic mass is 10.0. The molecule has 4 heteroatoms. The van der Waals surface area contributed by atoms with E-state index in [1.54, 1.807) is 24.3 Å². The summed E-state index contributed by atoms with van der Waals surface area (Å²) < 4.78 is 0. The van der Waals surface area contributed by atoms with Crippen LogP contribution in [-0.2, 0) is 12.8 Å². The van der Waals surface area contributed by atoms with Crippen molar-refractivity contribution in [2.45, 2.75) is 25.7 Å². The van der Waals surface area contributed by atoms with Crippen LogP contribution >= 0.6 is 0 Å². The van der Waals surface area contributed by atoms with Crippen LogP contribution < -0.4 is 0 Å². The van der Waals surface area contributed by atoms with Crippen molar-refractivity contribution in [3.05, 3.63) is 47.5 Å². The predicted molar refractivity (Wildman–Crippen MR) is 76.2 cm³/mol. The average molecular weight is 274 g/mol. The molecule has 0 aliphatic carbocycles. The smallest absolute Gasteiger partial charge is 0.157 e. The zero-order chi connectivity index (χ0) is 14.5. The Kier molecular flexibility index (Phi) is 4.35. The van der Waals surface area contributed by atoms with Crippen molar-refractivity contribution in [2.75, 3.05) is 0 Å². The number of benzene rings is 2. The van der Waals surface area contributed by atoms with Gasteiger partial charge in [0.2, 0.25) is 0 Å². The van der Waals surface area contributed by atoms with E-state index in [9.17, 15) is 20.4 Å². The van der Waals surface area contributed by atoms with Gasteiger partial charge in [-0.2, -0.15) is 0 Å². The van der Waals surface area contributed by atoms with Gasteiger partial charge in [0.25, 0.3) is 0 Å². The molecule has 0 aliphatic heterocycles. The first-order chi connectivity index (χ1) is 9.54. The van der Waals surface area contributed by atoms with Crippen molar-refractivity contribution < 1.29 is 20.4 Å². The summed E-state index contributed by atoms with van der Waals surface area (Å²) in [6, 6.07) is 9.43. The van der Waals surface area contributed by atoms with Gasteiger partial charge in [0.1, 0.15) is 11.5 Å². The fourth-order valence-electron chi connectivity index (χ4n) is 2.18. The average Bonchev–Trinajstić information content (AvgIpc) is 2.38. The van der Waals surface area contributed by atoms with Crippen molar-refractivity contribution in [3.8, 4) is 23.0 Å². The Labute approximate surface area is 117 Å². The normalized spacial score (nSPS) is 10.6. The van der Waals surface area contributed by atoms with Gasteiger partial charge < -0.3 is 20.4 Å². The van der Waals surface area contributed by atoms with Crippen LogP contribution in [0.4, 0.5) is 0 Å². The monoisotopic (exact) mass is 274 g/mol. The van der Waals surface area contributed by atoms with Crippen LogP contribution in [0.2, 0.25) is 0 Å². The maximum absolute atomic E-state index is 9.39. The van der Waals surface area contributed by atoms with E-state index in [0.717, 1.165) is 36.8 Å². The molecule has 0 saturated carbocycles. The van der Waals surface area contributed by atoms with E-state index in [-0.39, 0.29) is 23.0 Å². The van der Waals surface area contributed by atoms with Gasteiger partial charge in [0.05, 0.1) is 0 Å². The molecule has 0 unspecified atom stereocenters. The Morgan fingerprint density at radius 2 is 1.20 bits per heavy atom. The lowest BCUT2D eigenvalue weighted by Crippen LogP contribution is -1.89. The third-order valence-corrected chi connectivity index (χ3v) is 3.18. The number of aryl methyl sites for hydroxylation is 2. The molecule has 2 aromatic rings. The molecule has 2 rings (SSSR count). The Balaban J connectivity index is 1.82. The van der Waals surface area contributed by atoms with E-state index < -0.39 is 0 Å². The first-order valence-corrected chi connectivity index (χ1v) is 6.57. The van der Waals surface area contributed by atoms with Crippen molar-refractivity contribution in [1.29, 1.82) is 0 Å². The van der Waals surface area contributed by atoms with Crippen molar-refractivity contribution in [1.82, 2.24) is 0 Å². The zero-order valence-corrected chi connectivity index (χ0v) is 11.1. The predicted octanol–water partition coefficient (Wildman–Crippen LogP) is 3.07. The number of rotatable bonds is 5. The second-order valence-corrected chi connectivity index (χ2v) is 4.89. The van der Waals surface area contributed by atoms with E-state index in [1.165, 1.54) is 12.1 Å². The van der Waals surface area contributed by atoms with Gasteiger partial charge in [-0.15, -0.1) is 0 Å². The molecule has 2 aromatic carbocycles. The van der Waals surface area contributed by atoms with E-state index in [2.05, 4.69) is 0 Å². The quantitative estimate of drug-likeness (QED) is 0.499. The minimum absolute atomic E-state index is 0.0726. The summed E-state index contributed by atoms with van der Waals surface area (Å²) in [5.41, 5.74) is 1.87. The highest BCUT2D eigenvalue weighted by atomic mass is 16.3. The van der Waals surface area contributed by atoms with Crippen LogP contribution in [0.15, 0.2) is 36.4 Å². The third-order valence-electron chi connectivity index (χ3n) is 3.18. The largest absolute Gasteiger partial charge is 0.508 e.